The van der Waals surface area contributed by atoms with Gasteiger partial charge in [-0.2, -0.15) is 0 Å². The van der Waals surface area contributed by atoms with Gasteiger partial charge in [-0.15, -0.1) is 0 Å². The van der Waals surface area contributed by atoms with Crippen molar-refractivity contribution in [1.29, 1.82) is 0 Å². The Labute approximate surface area is 184 Å². The van der Waals surface area contributed by atoms with E-state index in [0.717, 1.165) is 21.0 Å². The molecule has 0 saturated carbocycles. The molecule has 0 aromatic heterocycles. The normalized spacial score (nSPS) is 14.1. The third-order valence-electron chi connectivity index (χ3n) is 5.35. The highest BCUT2D eigenvalue weighted by Gasteiger charge is 2.26. The standard InChI is InChI=1S/C23H30N2O5S/c1-5-20(19-9-7-16(3)13-17(19)4)24-23(26)15-25(31(27,28)6-2)18-8-10-21-22(14-18)30-12-11-29-21/h7-10,13-14,20H,5-6,11-12,15H2,1-4H3,(H,24,26). The maximum atomic E-state index is 12.9. The van der Waals surface area contributed by atoms with Gasteiger partial charge in [0.15, 0.2) is 11.5 Å². The molecule has 3 rings (SSSR count). The predicted molar refractivity (Wildman–Crippen MR) is 121 cm³/mol. The Morgan fingerprint density at radius 3 is 2.42 bits per heavy atom. The van der Waals surface area contributed by atoms with E-state index in [1.165, 1.54) is 0 Å². The molecule has 1 N–H and O–H groups in total. The average Bonchev–Trinajstić information content (AvgIpc) is 2.75. The van der Waals surface area contributed by atoms with Crippen LogP contribution in [0.5, 0.6) is 11.5 Å². The van der Waals surface area contributed by atoms with Crippen molar-refractivity contribution in [3.63, 3.8) is 0 Å². The number of fused-ring (bicyclic) bond motifs is 1. The van der Waals surface area contributed by atoms with E-state index in [0.29, 0.717) is 36.8 Å². The molecule has 1 aliphatic heterocycles. The first-order valence-electron chi connectivity index (χ1n) is 10.5. The Morgan fingerprint density at radius 2 is 1.77 bits per heavy atom. The fraction of sp³-hybridized carbons (Fsp3) is 0.435. The summed E-state index contributed by atoms with van der Waals surface area (Å²) in [5.74, 6) is 0.554. The molecule has 1 heterocycles. The Balaban J connectivity index is 1.83. The molecule has 31 heavy (non-hydrogen) atoms. The van der Waals surface area contributed by atoms with Crippen LogP contribution in [0, 0.1) is 13.8 Å². The summed E-state index contributed by atoms with van der Waals surface area (Å²) in [6.45, 7) is 8.12. The van der Waals surface area contributed by atoms with Gasteiger partial charge in [0.1, 0.15) is 19.8 Å². The fourth-order valence-electron chi connectivity index (χ4n) is 3.68. The van der Waals surface area contributed by atoms with Gasteiger partial charge in [-0.25, -0.2) is 8.42 Å². The van der Waals surface area contributed by atoms with E-state index in [-0.39, 0.29) is 24.2 Å². The lowest BCUT2D eigenvalue weighted by atomic mass is 9.97. The second-order valence-corrected chi connectivity index (χ2v) is 9.81. The molecule has 0 saturated heterocycles. The molecule has 8 heteroatoms. The highest BCUT2D eigenvalue weighted by atomic mass is 32.2. The van der Waals surface area contributed by atoms with Crippen LogP contribution in [0.2, 0.25) is 0 Å². The van der Waals surface area contributed by atoms with Gasteiger partial charge >= 0.3 is 0 Å². The number of hydrogen-bond acceptors (Lipinski definition) is 5. The first kappa shape index (κ1) is 22.9. The van der Waals surface area contributed by atoms with Crippen molar-refractivity contribution in [2.24, 2.45) is 0 Å². The van der Waals surface area contributed by atoms with E-state index in [1.54, 1.807) is 25.1 Å². The molecule has 168 valence electrons. The van der Waals surface area contributed by atoms with Gasteiger partial charge in [0.05, 0.1) is 17.5 Å². The van der Waals surface area contributed by atoms with E-state index in [9.17, 15) is 13.2 Å². The number of carbonyl (C=O) groups excluding carboxylic acids is 1. The SMILES string of the molecule is CCC(NC(=O)CN(c1ccc2c(c1)OCCO2)S(=O)(=O)CC)c1ccc(C)cc1C. The number of nitrogens with zero attached hydrogens (tertiary/aromatic N) is 1. The van der Waals surface area contributed by atoms with Crippen molar-refractivity contribution in [3.8, 4) is 11.5 Å². The zero-order chi connectivity index (χ0) is 22.6. The van der Waals surface area contributed by atoms with E-state index in [4.69, 9.17) is 9.47 Å². The minimum atomic E-state index is -3.68. The van der Waals surface area contributed by atoms with Crippen LogP contribution in [-0.4, -0.2) is 39.8 Å². The van der Waals surface area contributed by atoms with Crippen LogP contribution in [0.15, 0.2) is 36.4 Å². The van der Waals surface area contributed by atoms with Crippen LogP contribution in [-0.2, 0) is 14.8 Å². The number of hydrogen-bond donors (Lipinski definition) is 1. The molecule has 2 aromatic carbocycles. The molecular weight excluding hydrogens is 416 g/mol. The lowest BCUT2D eigenvalue weighted by Crippen LogP contribution is -2.42. The molecule has 0 bridgehead atoms. The number of aryl methyl sites for hydroxylation is 2. The third kappa shape index (κ3) is 5.31. The lowest BCUT2D eigenvalue weighted by molar-refractivity contribution is -0.120. The molecule has 0 radical (unpaired) electrons. The average molecular weight is 447 g/mol. The summed E-state index contributed by atoms with van der Waals surface area (Å²) in [7, 11) is -3.68. The van der Waals surface area contributed by atoms with Gasteiger partial charge in [0.2, 0.25) is 15.9 Å². The van der Waals surface area contributed by atoms with Crippen molar-refractivity contribution in [2.45, 2.75) is 40.2 Å². The van der Waals surface area contributed by atoms with Crippen LogP contribution >= 0.6 is 0 Å². The highest BCUT2D eigenvalue weighted by Crippen LogP contribution is 2.35. The van der Waals surface area contributed by atoms with Gasteiger partial charge < -0.3 is 14.8 Å². The molecule has 7 nitrogen and oxygen atoms in total. The second-order valence-electron chi connectivity index (χ2n) is 7.62. The maximum Gasteiger partial charge on any atom is 0.241 e. The van der Waals surface area contributed by atoms with Crippen LogP contribution in [0.4, 0.5) is 5.69 Å². The van der Waals surface area contributed by atoms with Gasteiger partial charge in [-0.3, -0.25) is 9.10 Å². The second kappa shape index (κ2) is 9.60. The smallest absolute Gasteiger partial charge is 0.241 e. The number of benzene rings is 2. The Bertz CT molecular complexity index is 1050. The summed E-state index contributed by atoms with van der Waals surface area (Å²) in [5, 5.41) is 3.00. The molecule has 2 aromatic rings. The number of sulfonamides is 1. The first-order chi connectivity index (χ1) is 14.7. The number of nitrogens with one attached hydrogen (secondary N) is 1. The fourth-order valence-corrected chi connectivity index (χ4v) is 4.74. The number of ether oxygens (including phenoxy) is 2. The monoisotopic (exact) mass is 446 g/mol. The molecule has 1 amide bonds. The topological polar surface area (TPSA) is 84.9 Å². The summed E-state index contributed by atoms with van der Waals surface area (Å²) in [6, 6.07) is 10.8. The van der Waals surface area contributed by atoms with Gasteiger partial charge in [-0.1, -0.05) is 30.7 Å². The molecule has 1 unspecified atom stereocenters. The molecule has 1 atom stereocenters. The Kier molecular flexibility index (Phi) is 7.10. The van der Waals surface area contributed by atoms with E-state index >= 15 is 0 Å². The molecule has 0 spiro atoms. The molecular formula is C23H30N2O5S. The Hall–Kier alpha value is -2.74. The molecule has 0 aliphatic carbocycles. The quantitative estimate of drug-likeness (QED) is 0.671. The lowest BCUT2D eigenvalue weighted by Gasteiger charge is -2.27. The minimum absolute atomic E-state index is 0.122. The van der Waals surface area contributed by atoms with E-state index in [1.807, 2.05) is 32.9 Å². The largest absolute Gasteiger partial charge is 0.486 e. The van der Waals surface area contributed by atoms with Crippen LogP contribution in [0.3, 0.4) is 0 Å². The summed E-state index contributed by atoms with van der Waals surface area (Å²) < 4.78 is 37.8. The number of carbonyl (C=O) groups is 1. The third-order valence-corrected chi connectivity index (χ3v) is 7.09. The van der Waals surface area contributed by atoms with Crippen LogP contribution in [0.1, 0.15) is 43.0 Å². The maximum absolute atomic E-state index is 12.9. The van der Waals surface area contributed by atoms with Crippen LogP contribution < -0.4 is 19.1 Å². The predicted octanol–water partition coefficient (Wildman–Crippen LogP) is 3.50. The Morgan fingerprint density at radius 1 is 1.06 bits per heavy atom. The minimum Gasteiger partial charge on any atom is -0.486 e. The summed E-state index contributed by atoms with van der Waals surface area (Å²) in [6.07, 6.45) is 0.695. The summed E-state index contributed by atoms with van der Waals surface area (Å²) >= 11 is 0. The zero-order valence-electron chi connectivity index (χ0n) is 18.5. The number of rotatable bonds is 8. The van der Waals surface area contributed by atoms with Gasteiger partial charge in [-0.05, 0) is 50.5 Å². The first-order valence-corrected chi connectivity index (χ1v) is 12.1. The van der Waals surface area contributed by atoms with Gasteiger partial charge in [0, 0.05) is 6.07 Å². The summed E-state index contributed by atoms with van der Waals surface area (Å²) in [4.78, 5) is 12.9. The van der Waals surface area contributed by atoms with Crippen molar-refractivity contribution in [3.05, 3.63) is 53.1 Å². The van der Waals surface area contributed by atoms with Crippen molar-refractivity contribution < 1.29 is 22.7 Å². The van der Waals surface area contributed by atoms with Crippen molar-refractivity contribution >= 4 is 21.6 Å². The zero-order valence-corrected chi connectivity index (χ0v) is 19.3. The van der Waals surface area contributed by atoms with Crippen molar-refractivity contribution in [1.82, 2.24) is 5.32 Å². The molecule has 0 fully saturated rings. The van der Waals surface area contributed by atoms with Gasteiger partial charge in [0.25, 0.3) is 0 Å². The summed E-state index contributed by atoms with van der Waals surface area (Å²) in [5.41, 5.74) is 3.66. The van der Waals surface area contributed by atoms with E-state index in [2.05, 4.69) is 11.4 Å². The number of amides is 1. The highest BCUT2D eigenvalue weighted by molar-refractivity contribution is 7.92. The molecule has 1 aliphatic rings. The van der Waals surface area contributed by atoms with Crippen molar-refractivity contribution in [2.75, 3.05) is 29.8 Å². The number of anilines is 1. The van der Waals surface area contributed by atoms with Crippen LogP contribution in [0.25, 0.3) is 0 Å². The van der Waals surface area contributed by atoms with E-state index < -0.39 is 10.0 Å².